The molecule has 0 radical (unpaired) electrons. The summed E-state index contributed by atoms with van der Waals surface area (Å²) in [5, 5.41) is 3.27. The van der Waals surface area contributed by atoms with Gasteiger partial charge in [-0.05, 0) is 32.1 Å². The van der Waals surface area contributed by atoms with Crippen LogP contribution < -0.4 is 0 Å². The van der Waals surface area contributed by atoms with Crippen LogP contribution in [0.15, 0.2) is 5.38 Å². The van der Waals surface area contributed by atoms with Crippen molar-refractivity contribution in [3.63, 3.8) is 0 Å². The smallest absolute Gasteiger partial charge is 0.0928 e. The lowest BCUT2D eigenvalue weighted by atomic mass is 10.1. The van der Waals surface area contributed by atoms with E-state index < -0.39 is 0 Å². The van der Waals surface area contributed by atoms with Gasteiger partial charge in [0.25, 0.3) is 0 Å². The van der Waals surface area contributed by atoms with Gasteiger partial charge in [0.2, 0.25) is 0 Å². The second-order valence-corrected chi connectivity index (χ2v) is 6.52. The molecule has 1 aromatic heterocycles. The Bertz CT molecular complexity index is 348. The molecule has 19 heavy (non-hydrogen) atoms. The van der Waals surface area contributed by atoms with E-state index >= 15 is 0 Å². The Morgan fingerprint density at radius 3 is 2.68 bits per heavy atom. The lowest BCUT2D eigenvalue weighted by Crippen LogP contribution is -2.12. The first-order valence-corrected chi connectivity index (χ1v) is 8.91. The van der Waals surface area contributed by atoms with Crippen molar-refractivity contribution in [2.45, 2.75) is 69.8 Å². The van der Waals surface area contributed by atoms with E-state index in [0.717, 1.165) is 25.1 Å². The topological polar surface area (TPSA) is 22.1 Å². The molecule has 1 saturated carbocycles. The second-order valence-electron chi connectivity index (χ2n) is 5.31. The van der Waals surface area contributed by atoms with Crippen molar-refractivity contribution in [3.05, 3.63) is 16.1 Å². The normalized spacial score (nSPS) is 17.5. The first-order valence-electron chi connectivity index (χ1n) is 7.49. The molecule has 1 heterocycles. The Morgan fingerprint density at radius 2 is 2.00 bits per heavy atom. The zero-order valence-corrected chi connectivity index (χ0v) is 13.1. The zero-order chi connectivity index (χ0) is 13.3. The van der Waals surface area contributed by atoms with Gasteiger partial charge in [-0.3, -0.25) is 0 Å². The van der Waals surface area contributed by atoms with Crippen LogP contribution >= 0.6 is 22.9 Å². The molecule has 0 amide bonds. The molecule has 108 valence electrons. The van der Waals surface area contributed by atoms with Gasteiger partial charge in [0, 0.05) is 12.0 Å². The van der Waals surface area contributed by atoms with E-state index in [2.05, 4.69) is 10.4 Å². The van der Waals surface area contributed by atoms with E-state index in [0.29, 0.717) is 12.0 Å². The summed E-state index contributed by atoms with van der Waals surface area (Å²) >= 11 is 7.47. The highest BCUT2D eigenvalue weighted by atomic mass is 35.5. The largest absolute Gasteiger partial charge is 0.378 e. The van der Waals surface area contributed by atoms with Gasteiger partial charge in [-0.2, -0.15) is 0 Å². The van der Waals surface area contributed by atoms with Gasteiger partial charge in [0.15, 0.2) is 0 Å². The molecule has 1 aliphatic rings. The molecule has 1 fully saturated rings. The van der Waals surface area contributed by atoms with Crippen molar-refractivity contribution in [2.75, 3.05) is 6.61 Å². The summed E-state index contributed by atoms with van der Waals surface area (Å²) in [5.74, 6) is 0.529. The molecule has 0 N–H and O–H groups in total. The number of nitrogens with zero attached hydrogens (tertiary/aromatic N) is 1. The minimum absolute atomic E-state index is 0.529. The van der Waals surface area contributed by atoms with Crippen LogP contribution in [0.4, 0.5) is 0 Å². The van der Waals surface area contributed by atoms with Gasteiger partial charge >= 0.3 is 0 Å². The Morgan fingerprint density at radius 1 is 1.21 bits per heavy atom. The van der Waals surface area contributed by atoms with Crippen LogP contribution in [0.1, 0.15) is 62.1 Å². The number of aryl methyl sites for hydroxylation is 1. The van der Waals surface area contributed by atoms with Gasteiger partial charge in [0.05, 0.1) is 22.7 Å². The molecule has 2 rings (SSSR count). The molecule has 1 aliphatic carbocycles. The molecule has 1 aromatic rings. The second kappa shape index (κ2) is 8.93. The summed E-state index contributed by atoms with van der Waals surface area (Å²) in [7, 11) is 0. The van der Waals surface area contributed by atoms with E-state index in [4.69, 9.17) is 16.3 Å². The van der Waals surface area contributed by atoms with Crippen molar-refractivity contribution >= 4 is 22.9 Å². The number of ether oxygens (including phenoxy) is 1. The van der Waals surface area contributed by atoms with Crippen molar-refractivity contribution in [1.82, 2.24) is 4.98 Å². The molecule has 4 heteroatoms. The minimum Gasteiger partial charge on any atom is -0.378 e. The predicted molar refractivity (Wildman–Crippen MR) is 82.1 cm³/mol. The Balaban J connectivity index is 1.54. The van der Waals surface area contributed by atoms with Crippen molar-refractivity contribution in [3.8, 4) is 0 Å². The Labute approximate surface area is 125 Å². The number of hydrogen-bond donors (Lipinski definition) is 0. The maximum Gasteiger partial charge on any atom is 0.0928 e. The lowest BCUT2D eigenvalue weighted by Gasteiger charge is -2.14. The fourth-order valence-corrected chi connectivity index (χ4v) is 3.63. The molecular formula is C15H24ClNOS. The van der Waals surface area contributed by atoms with Crippen LogP contribution in [0.3, 0.4) is 0 Å². The van der Waals surface area contributed by atoms with Crippen LogP contribution in [0.2, 0.25) is 0 Å². The monoisotopic (exact) mass is 301 g/mol. The number of unbranched alkanes of at least 4 members (excludes halogenated alkanes) is 1. The summed E-state index contributed by atoms with van der Waals surface area (Å²) in [4.78, 5) is 4.47. The third kappa shape index (κ3) is 5.80. The van der Waals surface area contributed by atoms with Crippen LogP contribution in [-0.4, -0.2) is 17.7 Å². The first kappa shape index (κ1) is 15.3. The fraction of sp³-hybridized carbons (Fsp3) is 0.800. The van der Waals surface area contributed by atoms with Crippen molar-refractivity contribution in [1.29, 1.82) is 0 Å². The molecule has 0 unspecified atom stereocenters. The SMILES string of the molecule is ClCc1csc(CCCCOC2CCCCCC2)n1. The van der Waals surface area contributed by atoms with E-state index in [9.17, 15) is 0 Å². The lowest BCUT2D eigenvalue weighted by molar-refractivity contribution is 0.0410. The van der Waals surface area contributed by atoms with E-state index in [1.165, 1.54) is 50.0 Å². The van der Waals surface area contributed by atoms with Crippen LogP contribution in [-0.2, 0) is 17.0 Å². The standard InChI is InChI=1S/C15H24ClNOS/c16-11-13-12-19-15(17-13)9-5-6-10-18-14-7-3-1-2-4-8-14/h12,14H,1-11H2. The van der Waals surface area contributed by atoms with Crippen LogP contribution in [0.5, 0.6) is 0 Å². The van der Waals surface area contributed by atoms with E-state index in [1.54, 1.807) is 11.3 Å². The van der Waals surface area contributed by atoms with Crippen LogP contribution in [0, 0.1) is 0 Å². The van der Waals surface area contributed by atoms with Gasteiger partial charge in [-0.25, -0.2) is 4.98 Å². The van der Waals surface area contributed by atoms with E-state index in [-0.39, 0.29) is 0 Å². The number of aromatic nitrogens is 1. The van der Waals surface area contributed by atoms with Crippen molar-refractivity contribution < 1.29 is 4.74 Å². The number of hydrogen-bond acceptors (Lipinski definition) is 3. The number of halogens is 1. The molecule has 0 spiro atoms. The fourth-order valence-electron chi connectivity index (χ4n) is 2.56. The summed E-state index contributed by atoms with van der Waals surface area (Å²) < 4.78 is 5.99. The molecule has 0 aliphatic heterocycles. The highest BCUT2D eigenvalue weighted by molar-refractivity contribution is 7.09. The third-order valence-electron chi connectivity index (χ3n) is 3.68. The van der Waals surface area contributed by atoms with E-state index in [1.807, 2.05) is 0 Å². The summed E-state index contributed by atoms with van der Waals surface area (Å²) in [6.45, 7) is 0.915. The molecule has 0 bridgehead atoms. The minimum atomic E-state index is 0.529. The molecule has 0 saturated heterocycles. The zero-order valence-electron chi connectivity index (χ0n) is 11.6. The quantitative estimate of drug-likeness (QED) is 0.404. The maximum absolute atomic E-state index is 5.99. The summed E-state index contributed by atoms with van der Waals surface area (Å²) in [6.07, 6.45) is 11.9. The number of rotatable bonds is 7. The third-order valence-corrected chi connectivity index (χ3v) is 4.91. The van der Waals surface area contributed by atoms with Gasteiger partial charge in [0.1, 0.15) is 0 Å². The molecule has 0 aromatic carbocycles. The number of thiazole rings is 1. The number of alkyl halides is 1. The molecule has 2 nitrogen and oxygen atoms in total. The van der Waals surface area contributed by atoms with Crippen LogP contribution in [0.25, 0.3) is 0 Å². The van der Waals surface area contributed by atoms with Crippen molar-refractivity contribution in [2.24, 2.45) is 0 Å². The Kier molecular flexibility index (Phi) is 7.18. The first-order chi connectivity index (χ1) is 9.38. The molecule has 0 atom stereocenters. The predicted octanol–water partition coefficient (Wildman–Crippen LogP) is 4.94. The van der Waals surface area contributed by atoms with Gasteiger partial charge in [-0.1, -0.05) is 25.7 Å². The average molecular weight is 302 g/mol. The molecular weight excluding hydrogens is 278 g/mol. The average Bonchev–Trinajstić information content (AvgIpc) is 2.73. The van der Waals surface area contributed by atoms with Gasteiger partial charge < -0.3 is 4.74 Å². The summed E-state index contributed by atoms with van der Waals surface area (Å²) in [6, 6.07) is 0. The Hall–Kier alpha value is -0.120. The summed E-state index contributed by atoms with van der Waals surface area (Å²) in [5.41, 5.74) is 1.01. The maximum atomic E-state index is 5.99. The highest BCUT2D eigenvalue weighted by Gasteiger charge is 2.11. The van der Waals surface area contributed by atoms with Gasteiger partial charge in [-0.15, -0.1) is 22.9 Å². The highest BCUT2D eigenvalue weighted by Crippen LogP contribution is 2.20.